The number of carbonyl (C=O) groups excluding carboxylic acids is 3. The van der Waals surface area contributed by atoms with Gasteiger partial charge in [-0.25, -0.2) is 5.43 Å². The monoisotopic (exact) mass is 474 g/mol. The zero-order chi connectivity index (χ0) is 22.1. The highest BCUT2D eigenvalue weighted by molar-refractivity contribution is 9.10. The molecule has 0 fully saturated rings. The van der Waals surface area contributed by atoms with Crippen LogP contribution in [0.2, 0.25) is 0 Å². The summed E-state index contributed by atoms with van der Waals surface area (Å²) in [4.78, 5) is 35.0. The first-order valence-corrected chi connectivity index (χ1v) is 9.90. The lowest BCUT2D eigenvalue weighted by molar-refractivity contribution is -0.123. The Morgan fingerprint density at radius 1 is 0.967 bits per heavy atom. The summed E-state index contributed by atoms with van der Waals surface area (Å²) in [5.41, 5.74) is 5.03. The molecule has 0 spiro atoms. The molecule has 0 aliphatic rings. The molecule has 0 aliphatic carbocycles. The van der Waals surface area contributed by atoms with E-state index in [1.807, 2.05) is 19.1 Å². The van der Waals surface area contributed by atoms with Crippen LogP contribution in [0.5, 0.6) is 5.75 Å². The molecule has 2 aromatic rings. The Hall–Kier alpha value is -3.20. The summed E-state index contributed by atoms with van der Waals surface area (Å²) in [6, 6.07) is 12.1. The molecule has 0 heterocycles. The summed E-state index contributed by atoms with van der Waals surface area (Å²) in [6.45, 7) is 4.79. The number of nitrogens with one attached hydrogen (secondary N) is 3. The Bertz CT molecular complexity index is 958. The van der Waals surface area contributed by atoms with Gasteiger partial charge in [-0.15, -0.1) is 0 Å². The van der Waals surface area contributed by atoms with Gasteiger partial charge in [0.2, 0.25) is 11.8 Å². The SMILES string of the molecule is CC(=O)Nc1ccc(NC(=O)CC(C)=NNC(=O)COc2ccc(Br)c(C)c2)cc1. The fourth-order valence-electron chi connectivity index (χ4n) is 2.36. The maximum absolute atomic E-state index is 12.1. The molecule has 0 radical (unpaired) electrons. The average Bonchev–Trinajstić information content (AvgIpc) is 2.68. The topological polar surface area (TPSA) is 109 Å². The van der Waals surface area contributed by atoms with E-state index in [4.69, 9.17) is 4.74 Å². The van der Waals surface area contributed by atoms with Crippen LogP contribution in [0.15, 0.2) is 52.0 Å². The molecule has 2 rings (SSSR count). The van der Waals surface area contributed by atoms with Crippen molar-refractivity contribution in [1.29, 1.82) is 0 Å². The predicted octanol–water partition coefficient (Wildman–Crippen LogP) is 3.62. The number of amides is 3. The molecule has 0 saturated carbocycles. The Balaban J connectivity index is 1.76. The first kappa shape index (κ1) is 23.1. The lowest BCUT2D eigenvalue weighted by Gasteiger charge is -2.08. The Morgan fingerprint density at radius 3 is 2.20 bits per heavy atom. The van der Waals surface area contributed by atoms with E-state index in [1.165, 1.54) is 6.92 Å². The second-order valence-electron chi connectivity index (χ2n) is 6.57. The van der Waals surface area contributed by atoms with Crippen molar-refractivity contribution in [1.82, 2.24) is 5.43 Å². The van der Waals surface area contributed by atoms with E-state index in [2.05, 4.69) is 37.1 Å². The molecular weight excluding hydrogens is 452 g/mol. The molecule has 30 heavy (non-hydrogen) atoms. The fourth-order valence-corrected chi connectivity index (χ4v) is 2.61. The first-order chi connectivity index (χ1) is 14.2. The smallest absolute Gasteiger partial charge is 0.277 e. The number of ether oxygens (including phenoxy) is 1. The van der Waals surface area contributed by atoms with Gasteiger partial charge in [-0.3, -0.25) is 14.4 Å². The summed E-state index contributed by atoms with van der Waals surface area (Å²) in [5, 5.41) is 9.29. The quantitative estimate of drug-likeness (QED) is 0.400. The molecule has 9 heteroatoms. The van der Waals surface area contributed by atoms with Crippen LogP contribution in [0.25, 0.3) is 0 Å². The lowest BCUT2D eigenvalue weighted by atomic mass is 10.2. The number of hydrazone groups is 1. The Kier molecular flexibility index (Phi) is 8.54. The van der Waals surface area contributed by atoms with Gasteiger partial charge in [-0.1, -0.05) is 15.9 Å². The molecule has 2 aromatic carbocycles. The highest BCUT2D eigenvalue weighted by Crippen LogP contribution is 2.21. The third kappa shape index (κ3) is 8.04. The van der Waals surface area contributed by atoms with Gasteiger partial charge in [0.15, 0.2) is 6.61 Å². The van der Waals surface area contributed by atoms with Crippen LogP contribution in [0.3, 0.4) is 0 Å². The molecule has 0 saturated heterocycles. The van der Waals surface area contributed by atoms with Crippen LogP contribution in [0, 0.1) is 6.92 Å². The van der Waals surface area contributed by atoms with Gasteiger partial charge in [-0.2, -0.15) is 5.10 Å². The van der Waals surface area contributed by atoms with Crippen molar-refractivity contribution < 1.29 is 19.1 Å². The van der Waals surface area contributed by atoms with Crippen LogP contribution in [-0.4, -0.2) is 30.0 Å². The number of hydrogen-bond donors (Lipinski definition) is 3. The summed E-state index contributed by atoms with van der Waals surface area (Å²) in [7, 11) is 0. The molecule has 158 valence electrons. The molecule has 3 amide bonds. The largest absolute Gasteiger partial charge is 0.484 e. The van der Waals surface area contributed by atoms with Gasteiger partial charge in [-0.05, 0) is 61.9 Å². The number of benzene rings is 2. The van der Waals surface area contributed by atoms with Crippen molar-refractivity contribution in [3.05, 3.63) is 52.5 Å². The summed E-state index contributed by atoms with van der Waals surface area (Å²) in [6.07, 6.45) is 0.0144. The van der Waals surface area contributed by atoms with E-state index in [9.17, 15) is 14.4 Å². The standard InChI is InChI=1S/C21H23BrN4O4/c1-13-10-18(8-9-19(13)22)30-12-21(29)26-25-14(2)11-20(28)24-17-6-4-16(5-7-17)23-15(3)27/h4-10H,11-12H2,1-3H3,(H,23,27)(H,24,28)(H,26,29). The number of rotatable bonds is 8. The zero-order valence-electron chi connectivity index (χ0n) is 16.9. The van der Waals surface area contributed by atoms with Gasteiger partial charge in [0.1, 0.15) is 5.75 Å². The van der Waals surface area contributed by atoms with Gasteiger partial charge in [0.05, 0.1) is 6.42 Å². The molecule has 8 nitrogen and oxygen atoms in total. The van der Waals surface area contributed by atoms with Crippen LogP contribution < -0.4 is 20.8 Å². The second kappa shape index (κ2) is 11.1. The van der Waals surface area contributed by atoms with Crippen molar-refractivity contribution in [3.8, 4) is 5.75 Å². The minimum Gasteiger partial charge on any atom is -0.484 e. The Morgan fingerprint density at radius 2 is 1.60 bits per heavy atom. The van der Waals surface area contributed by atoms with Crippen molar-refractivity contribution in [3.63, 3.8) is 0 Å². The van der Waals surface area contributed by atoms with E-state index in [0.29, 0.717) is 22.8 Å². The summed E-state index contributed by atoms with van der Waals surface area (Å²) < 4.78 is 6.38. The molecular formula is C21H23BrN4O4. The van der Waals surface area contributed by atoms with E-state index in [1.54, 1.807) is 37.3 Å². The number of nitrogens with zero attached hydrogens (tertiary/aromatic N) is 1. The zero-order valence-corrected chi connectivity index (χ0v) is 18.5. The molecule has 0 aliphatic heterocycles. The summed E-state index contributed by atoms with van der Waals surface area (Å²) >= 11 is 3.40. The van der Waals surface area contributed by atoms with E-state index >= 15 is 0 Å². The maximum atomic E-state index is 12.1. The minimum atomic E-state index is -0.427. The number of anilines is 2. The first-order valence-electron chi connectivity index (χ1n) is 9.11. The van der Waals surface area contributed by atoms with E-state index < -0.39 is 5.91 Å². The number of aryl methyl sites for hydroxylation is 1. The van der Waals surface area contributed by atoms with Crippen molar-refractivity contribution in [2.45, 2.75) is 27.2 Å². The van der Waals surface area contributed by atoms with Crippen molar-refractivity contribution in [2.75, 3.05) is 17.2 Å². The number of hydrogen-bond acceptors (Lipinski definition) is 5. The van der Waals surface area contributed by atoms with Crippen LogP contribution >= 0.6 is 15.9 Å². The fraction of sp³-hybridized carbons (Fsp3) is 0.238. The third-order valence-electron chi connectivity index (χ3n) is 3.78. The average molecular weight is 475 g/mol. The second-order valence-corrected chi connectivity index (χ2v) is 7.42. The van der Waals surface area contributed by atoms with Crippen LogP contribution in [0.4, 0.5) is 11.4 Å². The van der Waals surface area contributed by atoms with Crippen LogP contribution in [0.1, 0.15) is 25.8 Å². The van der Waals surface area contributed by atoms with Crippen molar-refractivity contribution in [2.24, 2.45) is 5.10 Å². The highest BCUT2D eigenvalue weighted by Gasteiger charge is 2.07. The predicted molar refractivity (Wildman–Crippen MR) is 120 cm³/mol. The number of halogens is 1. The molecule has 3 N–H and O–H groups in total. The maximum Gasteiger partial charge on any atom is 0.277 e. The molecule has 0 aromatic heterocycles. The summed E-state index contributed by atoms with van der Waals surface area (Å²) in [5.74, 6) is -0.295. The van der Waals surface area contributed by atoms with Crippen LogP contribution in [-0.2, 0) is 14.4 Å². The molecule has 0 bridgehead atoms. The van der Waals surface area contributed by atoms with E-state index in [0.717, 1.165) is 10.0 Å². The minimum absolute atomic E-state index is 0.0144. The number of carbonyl (C=O) groups is 3. The van der Waals surface area contributed by atoms with Gasteiger partial charge in [0, 0.05) is 28.5 Å². The third-order valence-corrected chi connectivity index (χ3v) is 4.67. The lowest BCUT2D eigenvalue weighted by Crippen LogP contribution is -2.26. The van der Waals surface area contributed by atoms with Gasteiger partial charge >= 0.3 is 0 Å². The van der Waals surface area contributed by atoms with Crippen molar-refractivity contribution >= 4 is 50.7 Å². The molecule has 0 atom stereocenters. The normalized spacial score (nSPS) is 10.9. The highest BCUT2D eigenvalue weighted by atomic mass is 79.9. The van der Waals surface area contributed by atoms with Gasteiger partial charge in [0.25, 0.3) is 5.91 Å². The molecule has 0 unspecified atom stereocenters. The van der Waals surface area contributed by atoms with Gasteiger partial charge < -0.3 is 15.4 Å². The van der Waals surface area contributed by atoms with E-state index in [-0.39, 0.29) is 24.8 Å². The Labute approximate surface area is 183 Å².